The van der Waals surface area contributed by atoms with E-state index >= 15 is 0 Å². The van der Waals surface area contributed by atoms with Crippen molar-refractivity contribution in [3.05, 3.63) is 0 Å². The average molecular weight is 242 g/mol. The summed E-state index contributed by atoms with van der Waals surface area (Å²) in [5.41, 5.74) is -0.506. The summed E-state index contributed by atoms with van der Waals surface area (Å²) >= 11 is 0. The molecule has 0 spiro atoms. The Morgan fingerprint density at radius 1 is 1.12 bits per heavy atom. The van der Waals surface area contributed by atoms with Gasteiger partial charge in [0.1, 0.15) is 0 Å². The fourth-order valence-electron chi connectivity index (χ4n) is 2.67. The molecule has 0 amide bonds. The van der Waals surface area contributed by atoms with Gasteiger partial charge in [0, 0.05) is 13.2 Å². The van der Waals surface area contributed by atoms with Crippen molar-refractivity contribution in [2.24, 2.45) is 5.41 Å². The number of carbonyl (C=O) groups is 1. The van der Waals surface area contributed by atoms with Crippen LogP contribution in [0.1, 0.15) is 64.7 Å². The van der Waals surface area contributed by atoms with Gasteiger partial charge in [0.15, 0.2) is 0 Å². The first-order chi connectivity index (χ1) is 8.21. The van der Waals surface area contributed by atoms with Crippen LogP contribution in [-0.4, -0.2) is 24.3 Å². The normalized spacial score (nSPS) is 20.5. The van der Waals surface area contributed by atoms with Crippen LogP contribution in [0.3, 0.4) is 0 Å². The highest BCUT2D eigenvalue weighted by Gasteiger charge is 2.37. The first-order valence-electron chi connectivity index (χ1n) is 7.02. The minimum absolute atomic E-state index is 0.506. The van der Waals surface area contributed by atoms with Crippen LogP contribution < -0.4 is 0 Å². The van der Waals surface area contributed by atoms with Crippen molar-refractivity contribution < 1.29 is 14.6 Å². The Balaban J connectivity index is 2.49. The van der Waals surface area contributed by atoms with Crippen LogP contribution in [0.4, 0.5) is 0 Å². The highest BCUT2D eigenvalue weighted by Crippen LogP contribution is 2.37. The number of carboxylic acid groups (broad SMARTS) is 1. The van der Waals surface area contributed by atoms with Crippen LogP contribution in [0.25, 0.3) is 0 Å². The molecule has 1 aliphatic carbocycles. The van der Waals surface area contributed by atoms with Gasteiger partial charge in [-0.15, -0.1) is 0 Å². The molecule has 100 valence electrons. The Hall–Kier alpha value is -0.570. The van der Waals surface area contributed by atoms with Gasteiger partial charge in [-0.3, -0.25) is 4.79 Å². The Morgan fingerprint density at radius 2 is 1.71 bits per heavy atom. The van der Waals surface area contributed by atoms with E-state index in [1.807, 2.05) is 0 Å². The molecule has 0 bridgehead atoms. The Bertz CT molecular complexity index is 218. The summed E-state index contributed by atoms with van der Waals surface area (Å²) in [6.45, 7) is 3.42. The summed E-state index contributed by atoms with van der Waals surface area (Å²) in [4.78, 5) is 11.5. The molecule has 0 saturated heterocycles. The van der Waals surface area contributed by atoms with Gasteiger partial charge >= 0.3 is 5.97 Å². The predicted molar refractivity (Wildman–Crippen MR) is 68.1 cm³/mol. The summed E-state index contributed by atoms with van der Waals surface area (Å²) in [6, 6.07) is 0. The number of hydrogen-bond donors (Lipinski definition) is 1. The molecule has 3 nitrogen and oxygen atoms in total. The van der Waals surface area contributed by atoms with Crippen LogP contribution >= 0.6 is 0 Å². The van der Waals surface area contributed by atoms with Crippen LogP contribution in [0.2, 0.25) is 0 Å². The standard InChI is InChI=1S/C14H26O3/c1-2-11-17-12-10-14(13(15)16)8-6-4-3-5-7-9-14/h2-12H2,1H3,(H,15,16). The smallest absolute Gasteiger partial charge is 0.309 e. The zero-order valence-electron chi connectivity index (χ0n) is 11.0. The highest BCUT2D eigenvalue weighted by atomic mass is 16.5. The van der Waals surface area contributed by atoms with Crippen molar-refractivity contribution in [2.45, 2.75) is 64.7 Å². The molecule has 0 aromatic heterocycles. The SMILES string of the molecule is CCCOCCC1(C(=O)O)CCCCCCC1. The Kier molecular flexibility index (Phi) is 6.56. The van der Waals surface area contributed by atoms with E-state index in [-0.39, 0.29) is 0 Å². The number of carboxylic acids is 1. The maximum Gasteiger partial charge on any atom is 0.309 e. The van der Waals surface area contributed by atoms with Gasteiger partial charge in [-0.25, -0.2) is 0 Å². The molecule has 0 atom stereocenters. The van der Waals surface area contributed by atoms with Crippen LogP contribution in [0.15, 0.2) is 0 Å². The second-order valence-corrected chi connectivity index (χ2v) is 5.22. The fraction of sp³-hybridized carbons (Fsp3) is 0.929. The van der Waals surface area contributed by atoms with Crippen molar-refractivity contribution in [1.82, 2.24) is 0 Å². The molecule has 1 saturated carbocycles. The van der Waals surface area contributed by atoms with E-state index in [1.165, 1.54) is 19.3 Å². The third kappa shape index (κ3) is 4.66. The molecule has 3 heteroatoms. The summed E-state index contributed by atoms with van der Waals surface area (Å²) in [6.07, 6.45) is 9.09. The molecule has 0 unspecified atom stereocenters. The van der Waals surface area contributed by atoms with Crippen molar-refractivity contribution in [3.8, 4) is 0 Å². The maximum absolute atomic E-state index is 11.5. The fourth-order valence-corrected chi connectivity index (χ4v) is 2.67. The second kappa shape index (κ2) is 7.70. The molecule has 0 aromatic rings. The van der Waals surface area contributed by atoms with Gasteiger partial charge in [0.2, 0.25) is 0 Å². The first kappa shape index (κ1) is 14.5. The van der Waals surface area contributed by atoms with E-state index in [9.17, 15) is 9.90 Å². The van der Waals surface area contributed by atoms with E-state index in [0.717, 1.165) is 38.7 Å². The molecule has 1 N–H and O–H groups in total. The summed E-state index contributed by atoms with van der Waals surface area (Å²) in [5.74, 6) is -0.612. The average Bonchev–Trinajstić information content (AvgIpc) is 2.26. The molecule has 1 fully saturated rings. The molecule has 1 aliphatic rings. The zero-order chi connectivity index (χ0) is 12.6. The lowest BCUT2D eigenvalue weighted by atomic mass is 9.74. The van der Waals surface area contributed by atoms with E-state index in [4.69, 9.17) is 4.74 Å². The van der Waals surface area contributed by atoms with E-state index in [1.54, 1.807) is 0 Å². The molecule has 0 aliphatic heterocycles. The third-order valence-electron chi connectivity index (χ3n) is 3.84. The van der Waals surface area contributed by atoms with Gasteiger partial charge in [-0.2, -0.15) is 0 Å². The molecule has 17 heavy (non-hydrogen) atoms. The first-order valence-corrected chi connectivity index (χ1v) is 7.02. The van der Waals surface area contributed by atoms with Gasteiger partial charge in [-0.1, -0.05) is 39.0 Å². The van der Waals surface area contributed by atoms with Gasteiger partial charge in [0.25, 0.3) is 0 Å². The number of aliphatic carboxylic acids is 1. The minimum Gasteiger partial charge on any atom is -0.481 e. The minimum atomic E-state index is -0.612. The lowest BCUT2D eigenvalue weighted by molar-refractivity contribution is -0.151. The summed E-state index contributed by atoms with van der Waals surface area (Å²) < 4.78 is 5.47. The molecular formula is C14H26O3. The monoisotopic (exact) mass is 242 g/mol. The van der Waals surface area contributed by atoms with Crippen molar-refractivity contribution in [2.75, 3.05) is 13.2 Å². The lowest BCUT2D eigenvalue weighted by Gasteiger charge is -2.31. The summed E-state index contributed by atoms with van der Waals surface area (Å²) in [7, 11) is 0. The molecule has 0 radical (unpaired) electrons. The second-order valence-electron chi connectivity index (χ2n) is 5.22. The van der Waals surface area contributed by atoms with Crippen molar-refractivity contribution >= 4 is 5.97 Å². The topological polar surface area (TPSA) is 46.5 Å². The highest BCUT2D eigenvalue weighted by molar-refractivity contribution is 5.74. The summed E-state index contributed by atoms with van der Waals surface area (Å²) in [5, 5.41) is 9.51. The largest absolute Gasteiger partial charge is 0.481 e. The number of ether oxygens (including phenoxy) is 1. The predicted octanol–water partition coefficient (Wildman–Crippen LogP) is 3.62. The molecule has 0 heterocycles. The van der Waals surface area contributed by atoms with Crippen molar-refractivity contribution in [3.63, 3.8) is 0 Å². The van der Waals surface area contributed by atoms with Crippen LogP contribution in [0, 0.1) is 5.41 Å². The van der Waals surface area contributed by atoms with E-state index < -0.39 is 11.4 Å². The molecule has 0 aromatic carbocycles. The van der Waals surface area contributed by atoms with Crippen LogP contribution in [-0.2, 0) is 9.53 Å². The van der Waals surface area contributed by atoms with E-state index in [2.05, 4.69) is 6.92 Å². The van der Waals surface area contributed by atoms with Gasteiger partial charge < -0.3 is 9.84 Å². The van der Waals surface area contributed by atoms with Gasteiger partial charge in [-0.05, 0) is 25.7 Å². The number of rotatable bonds is 6. The lowest BCUT2D eigenvalue weighted by Crippen LogP contribution is -2.33. The number of hydrogen-bond acceptors (Lipinski definition) is 2. The Labute approximate surface area is 105 Å². The van der Waals surface area contributed by atoms with E-state index in [0.29, 0.717) is 13.0 Å². The molecule has 1 rings (SSSR count). The van der Waals surface area contributed by atoms with Crippen LogP contribution in [0.5, 0.6) is 0 Å². The van der Waals surface area contributed by atoms with Crippen molar-refractivity contribution in [1.29, 1.82) is 0 Å². The quantitative estimate of drug-likeness (QED) is 0.724. The molecular weight excluding hydrogens is 216 g/mol. The van der Waals surface area contributed by atoms with Gasteiger partial charge in [0.05, 0.1) is 5.41 Å². The zero-order valence-corrected chi connectivity index (χ0v) is 11.0. The third-order valence-corrected chi connectivity index (χ3v) is 3.84. The Morgan fingerprint density at radius 3 is 2.24 bits per heavy atom. The maximum atomic E-state index is 11.5.